The van der Waals surface area contributed by atoms with E-state index in [4.69, 9.17) is 23.7 Å². The number of hydrogen-bond donors (Lipinski definition) is 1. The Morgan fingerprint density at radius 1 is 0.919 bits per heavy atom. The minimum absolute atomic E-state index is 0.00212. The second kappa shape index (κ2) is 12.7. The molecule has 4 fully saturated rings. The molecule has 0 saturated heterocycles. The Balaban J connectivity index is 1.64. The summed E-state index contributed by atoms with van der Waals surface area (Å²) in [5.41, 5.74) is -0.0144. The van der Waals surface area contributed by atoms with Crippen LogP contribution in [0.15, 0.2) is 0 Å². The number of ether oxygens (including phenoxy) is 5. The van der Waals surface area contributed by atoms with Crippen LogP contribution in [0.4, 0.5) is 0 Å². The quantitative estimate of drug-likeness (QED) is 0.269. The zero-order valence-electron chi connectivity index (χ0n) is 23.9. The maximum atomic E-state index is 12.9. The van der Waals surface area contributed by atoms with E-state index in [1.807, 2.05) is 13.8 Å². The molecule has 4 saturated carbocycles. The molecule has 0 aromatic heterocycles. The number of rotatable bonds is 13. The highest BCUT2D eigenvalue weighted by molar-refractivity contribution is 5.79. The van der Waals surface area contributed by atoms with E-state index in [9.17, 15) is 9.90 Å². The van der Waals surface area contributed by atoms with E-state index in [2.05, 4.69) is 13.8 Å². The van der Waals surface area contributed by atoms with Crippen molar-refractivity contribution in [3.8, 4) is 0 Å². The second-order valence-electron chi connectivity index (χ2n) is 12.5. The summed E-state index contributed by atoms with van der Waals surface area (Å²) in [6.45, 7) is 13.3. The van der Waals surface area contributed by atoms with Crippen molar-refractivity contribution >= 4 is 5.78 Å². The van der Waals surface area contributed by atoms with Crippen molar-refractivity contribution in [3.05, 3.63) is 0 Å². The fourth-order valence-electron chi connectivity index (χ4n) is 9.08. The maximum absolute atomic E-state index is 12.9. The highest BCUT2D eigenvalue weighted by atomic mass is 16.7. The van der Waals surface area contributed by atoms with Crippen molar-refractivity contribution in [1.82, 2.24) is 0 Å². The van der Waals surface area contributed by atoms with E-state index in [1.165, 1.54) is 0 Å². The molecule has 0 aliphatic heterocycles. The number of aliphatic hydroxyl groups excluding tert-OH is 1. The van der Waals surface area contributed by atoms with Gasteiger partial charge in [-0.15, -0.1) is 0 Å². The van der Waals surface area contributed by atoms with Gasteiger partial charge in [0.05, 0.1) is 18.3 Å². The smallest absolute Gasteiger partial charge is 0.147 e. The van der Waals surface area contributed by atoms with Gasteiger partial charge < -0.3 is 28.8 Å². The van der Waals surface area contributed by atoms with Gasteiger partial charge in [-0.1, -0.05) is 13.8 Å². The summed E-state index contributed by atoms with van der Waals surface area (Å²) in [5.74, 6) is 2.08. The largest absolute Gasteiger partial charge is 0.396 e. The number of hydrogen-bond acceptors (Lipinski definition) is 7. The molecule has 214 valence electrons. The fourth-order valence-corrected chi connectivity index (χ4v) is 9.08. The number of carbonyl (C=O) groups excluding carboxylic acids is 1. The van der Waals surface area contributed by atoms with Crippen molar-refractivity contribution in [2.75, 3.05) is 40.0 Å². The van der Waals surface area contributed by atoms with Crippen LogP contribution in [0.1, 0.15) is 86.0 Å². The molecule has 7 heteroatoms. The first kappa shape index (κ1) is 29.4. The van der Waals surface area contributed by atoms with Crippen molar-refractivity contribution in [2.45, 2.75) is 104 Å². The molecule has 4 aliphatic rings. The molecule has 0 radical (unpaired) electrons. The van der Waals surface area contributed by atoms with Gasteiger partial charge in [0, 0.05) is 37.8 Å². The lowest BCUT2D eigenvalue weighted by Crippen LogP contribution is -2.63. The average molecular weight is 525 g/mol. The first-order valence-corrected chi connectivity index (χ1v) is 14.9. The van der Waals surface area contributed by atoms with E-state index < -0.39 is 0 Å². The predicted octanol–water partition coefficient (Wildman–Crippen LogP) is 4.98. The number of ketones is 1. The monoisotopic (exact) mass is 524 g/mol. The first-order valence-electron chi connectivity index (χ1n) is 14.9. The Hall–Kier alpha value is -0.570. The molecule has 0 heterocycles. The molecule has 37 heavy (non-hydrogen) atoms. The number of Topliss-reactive ketones (excluding diaryl/α,β-unsaturated/α-hetero) is 1. The van der Waals surface area contributed by atoms with Crippen molar-refractivity contribution in [3.63, 3.8) is 0 Å². The fraction of sp³-hybridized carbons (Fsp3) is 0.967. The maximum Gasteiger partial charge on any atom is 0.147 e. The molecule has 10 atom stereocenters. The van der Waals surface area contributed by atoms with Crippen LogP contribution in [-0.2, 0) is 28.5 Å². The molecular weight excluding hydrogens is 472 g/mol. The van der Waals surface area contributed by atoms with Gasteiger partial charge in [-0.2, -0.15) is 0 Å². The second-order valence-corrected chi connectivity index (χ2v) is 12.5. The summed E-state index contributed by atoms with van der Waals surface area (Å²) in [5, 5.41) is 9.44. The van der Waals surface area contributed by atoms with Crippen molar-refractivity contribution in [2.24, 2.45) is 40.4 Å². The zero-order valence-corrected chi connectivity index (χ0v) is 23.9. The highest BCUT2D eigenvalue weighted by Gasteiger charge is 2.66. The highest BCUT2D eigenvalue weighted by Crippen LogP contribution is 2.68. The summed E-state index contributed by atoms with van der Waals surface area (Å²) < 4.78 is 30.4. The Labute approximate surface area is 224 Å². The zero-order chi connectivity index (χ0) is 26.6. The van der Waals surface area contributed by atoms with Crippen LogP contribution in [0, 0.1) is 40.4 Å². The van der Waals surface area contributed by atoms with Crippen LogP contribution in [0.3, 0.4) is 0 Å². The molecule has 1 N–H and O–H groups in total. The lowest BCUT2D eigenvalue weighted by molar-refractivity contribution is -0.240. The molecule has 0 bridgehead atoms. The SMILES string of the molecule is CCOCO[C@@H]1CC[C@@]2(C)[C@@H](C1)C[C@@H](OCCCO)[C@@H]1[C@@H]2C[C@H](OCOCC)[C@]2(C)[C@@H](C(C)=O)CC[C@@H]12. The molecule has 0 aromatic carbocycles. The molecular formula is C30H52O7. The van der Waals surface area contributed by atoms with Gasteiger partial charge in [0.1, 0.15) is 19.4 Å². The molecule has 0 amide bonds. The minimum atomic E-state index is -0.205. The van der Waals surface area contributed by atoms with Gasteiger partial charge in [0.2, 0.25) is 0 Å². The van der Waals surface area contributed by atoms with E-state index in [-0.39, 0.29) is 54.2 Å². The lowest BCUT2D eigenvalue weighted by Gasteiger charge is -2.64. The van der Waals surface area contributed by atoms with Gasteiger partial charge >= 0.3 is 0 Å². The summed E-state index contributed by atoms with van der Waals surface area (Å²) in [6.07, 6.45) is 8.23. The Morgan fingerprint density at radius 2 is 1.65 bits per heavy atom. The average Bonchev–Trinajstić information content (AvgIpc) is 3.23. The molecule has 0 spiro atoms. The summed E-state index contributed by atoms with van der Waals surface area (Å²) in [4.78, 5) is 12.9. The van der Waals surface area contributed by atoms with Gasteiger partial charge in [-0.3, -0.25) is 4.79 Å². The van der Waals surface area contributed by atoms with Gasteiger partial charge in [0.25, 0.3) is 0 Å². The molecule has 0 unspecified atom stereocenters. The van der Waals surface area contributed by atoms with E-state index >= 15 is 0 Å². The summed E-state index contributed by atoms with van der Waals surface area (Å²) >= 11 is 0. The summed E-state index contributed by atoms with van der Waals surface area (Å²) in [6, 6.07) is 0. The van der Waals surface area contributed by atoms with Crippen LogP contribution in [0.25, 0.3) is 0 Å². The Kier molecular flexibility index (Phi) is 10.1. The van der Waals surface area contributed by atoms with Crippen molar-refractivity contribution in [1.29, 1.82) is 0 Å². The number of fused-ring (bicyclic) bond motifs is 5. The number of carbonyl (C=O) groups is 1. The van der Waals surface area contributed by atoms with Crippen LogP contribution < -0.4 is 0 Å². The third-order valence-electron chi connectivity index (χ3n) is 11.0. The first-order chi connectivity index (χ1) is 17.8. The predicted molar refractivity (Wildman–Crippen MR) is 141 cm³/mol. The standard InChI is InChI=1S/C30H52O7/c1-6-33-18-36-22-11-12-29(4)21(15-22)16-26(35-14-8-13-31)28-24-10-9-23(20(3)32)30(24,5)27(17-25(28)29)37-19-34-7-2/h21-28,31H,6-19H2,1-5H3/t21-,22+,23+,24-,25-,26+,27-,28-,29-,30+/m0/s1. The van der Waals surface area contributed by atoms with Crippen LogP contribution >= 0.6 is 0 Å². The molecule has 4 aliphatic carbocycles. The molecule has 4 rings (SSSR count). The van der Waals surface area contributed by atoms with Crippen molar-refractivity contribution < 1.29 is 33.6 Å². The van der Waals surface area contributed by atoms with Gasteiger partial charge in [0.15, 0.2) is 0 Å². The summed E-state index contributed by atoms with van der Waals surface area (Å²) in [7, 11) is 0. The third kappa shape index (κ3) is 5.69. The minimum Gasteiger partial charge on any atom is -0.396 e. The van der Waals surface area contributed by atoms with Crippen LogP contribution in [0.5, 0.6) is 0 Å². The van der Waals surface area contributed by atoms with E-state index in [1.54, 1.807) is 6.92 Å². The topological polar surface area (TPSA) is 83.5 Å². The van der Waals surface area contributed by atoms with Crippen LogP contribution in [0.2, 0.25) is 0 Å². The van der Waals surface area contributed by atoms with Gasteiger partial charge in [-0.05, 0) is 101 Å². The lowest BCUT2D eigenvalue weighted by atomic mass is 9.43. The van der Waals surface area contributed by atoms with E-state index in [0.29, 0.717) is 56.7 Å². The Morgan fingerprint density at radius 3 is 2.32 bits per heavy atom. The van der Waals surface area contributed by atoms with Gasteiger partial charge in [-0.25, -0.2) is 0 Å². The third-order valence-corrected chi connectivity index (χ3v) is 11.0. The Bertz CT molecular complexity index is 745. The molecule has 0 aromatic rings. The van der Waals surface area contributed by atoms with Crippen LogP contribution in [-0.4, -0.2) is 69.2 Å². The number of aliphatic hydroxyl groups is 1. The normalized spacial score (nSPS) is 43.2. The van der Waals surface area contributed by atoms with E-state index in [0.717, 1.165) is 44.9 Å². The molecule has 7 nitrogen and oxygen atoms in total.